The first-order valence-electron chi connectivity index (χ1n) is 5.30. The molecule has 1 aromatic carbocycles. The number of hydrogen-bond donors (Lipinski definition) is 2. The van der Waals surface area contributed by atoms with Crippen LogP contribution in [0.1, 0.15) is 20.2 Å². The van der Waals surface area contributed by atoms with Gasteiger partial charge < -0.3 is 11.1 Å². The van der Waals surface area contributed by atoms with Gasteiger partial charge in [0.2, 0.25) is 0 Å². The van der Waals surface area contributed by atoms with Crippen LogP contribution in [0.25, 0.3) is 0 Å². The highest BCUT2D eigenvalue weighted by atomic mass is 32.1. The fraction of sp³-hybridized carbons (Fsp3) is 0.0833. The molecule has 0 saturated carbocycles. The maximum absolute atomic E-state index is 13.4. The van der Waals surface area contributed by atoms with Crippen LogP contribution in [0.2, 0.25) is 0 Å². The van der Waals surface area contributed by atoms with Crippen molar-refractivity contribution in [2.45, 2.75) is 6.92 Å². The Hall–Kier alpha value is -1.86. The number of carbonyl (C=O) groups excluding carboxylic acids is 1. The monoisotopic (exact) mass is 295 g/mol. The predicted molar refractivity (Wildman–Crippen MR) is 77.1 cm³/mol. The summed E-state index contributed by atoms with van der Waals surface area (Å²) in [6.45, 7) is 1.81. The number of carbonyl (C=O) groups is 1. The minimum absolute atomic E-state index is 0.0535. The molecule has 2 rings (SSSR count). The van der Waals surface area contributed by atoms with E-state index in [0.717, 1.165) is 5.01 Å². The summed E-state index contributed by atoms with van der Waals surface area (Å²) < 4.78 is 13.4. The molecule has 0 unspecified atom stereocenters. The van der Waals surface area contributed by atoms with E-state index in [1.807, 2.05) is 6.92 Å². The number of rotatable bonds is 3. The summed E-state index contributed by atoms with van der Waals surface area (Å²) in [6, 6.07) is 4.06. The van der Waals surface area contributed by atoms with Gasteiger partial charge in [0.15, 0.2) is 0 Å². The number of nitrogens with zero attached hydrogens (tertiary/aromatic N) is 1. The number of aryl methyl sites for hydroxylation is 1. The molecule has 0 aliphatic heterocycles. The molecule has 0 fully saturated rings. The molecule has 7 heteroatoms. The standard InChI is InChI=1S/C12H10FN3OS2/c1-6-15-5-10(19-6)12(17)16-7-2-3-9(13)8(4-7)11(14)18/h2-5H,1H3,(H2,14,18)(H,16,17). The van der Waals surface area contributed by atoms with Crippen LogP contribution >= 0.6 is 23.6 Å². The summed E-state index contributed by atoms with van der Waals surface area (Å²) in [4.78, 5) is 16.3. The quantitative estimate of drug-likeness (QED) is 0.854. The molecule has 19 heavy (non-hydrogen) atoms. The van der Waals surface area contributed by atoms with Gasteiger partial charge in [0, 0.05) is 11.3 Å². The van der Waals surface area contributed by atoms with Crippen LogP contribution in [0.3, 0.4) is 0 Å². The van der Waals surface area contributed by atoms with E-state index in [0.29, 0.717) is 10.6 Å². The first kappa shape index (κ1) is 13.6. The number of aromatic nitrogens is 1. The molecule has 0 aliphatic rings. The van der Waals surface area contributed by atoms with Crippen LogP contribution < -0.4 is 11.1 Å². The number of halogens is 1. The van der Waals surface area contributed by atoms with Crippen LogP contribution in [0, 0.1) is 12.7 Å². The van der Waals surface area contributed by atoms with Gasteiger partial charge in [-0.3, -0.25) is 4.79 Å². The average molecular weight is 295 g/mol. The van der Waals surface area contributed by atoms with Gasteiger partial charge in [0.05, 0.1) is 11.2 Å². The molecule has 0 spiro atoms. The Balaban J connectivity index is 2.22. The molecule has 1 amide bonds. The van der Waals surface area contributed by atoms with Gasteiger partial charge in [0.25, 0.3) is 5.91 Å². The van der Waals surface area contributed by atoms with Crippen molar-refractivity contribution in [2.75, 3.05) is 5.32 Å². The highest BCUT2D eigenvalue weighted by Gasteiger charge is 2.11. The lowest BCUT2D eigenvalue weighted by molar-refractivity contribution is 0.103. The molecule has 0 radical (unpaired) electrons. The van der Waals surface area contributed by atoms with Gasteiger partial charge in [-0.1, -0.05) is 12.2 Å². The van der Waals surface area contributed by atoms with Crippen LogP contribution in [0.5, 0.6) is 0 Å². The Bertz CT molecular complexity index is 654. The number of thiocarbonyl (C=S) groups is 1. The fourth-order valence-electron chi connectivity index (χ4n) is 1.45. The van der Waals surface area contributed by atoms with Crippen molar-refractivity contribution in [3.8, 4) is 0 Å². The van der Waals surface area contributed by atoms with E-state index in [9.17, 15) is 9.18 Å². The summed E-state index contributed by atoms with van der Waals surface area (Å²) in [7, 11) is 0. The van der Waals surface area contributed by atoms with Crippen molar-refractivity contribution < 1.29 is 9.18 Å². The van der Waals surface area contributed by atoms with E-state index in [2.05, 4.69) is 10.3 Å². The Kier molecular flexibility index (Phi) is 3.87. The van der Waals surface area contributed by atoms with Crippen molar-refractivity contribution in [2.24, 2.45) is 5.73 Å². The maximum atomic E-state index is 13.4. The van der Waals surface area contributed by atoms with Gasteiger partial charge in [-0.05, 0) is 25.1 Å². The Morgan fingerprint density at radius 2 is 2.26 bits per heavy atom. The second-order valence-electron chi connectivity index (χ2n) is 3.76. The third-order valence-electron chi connectivity index (χ3n) is 2.33. The van der Waals surface area contributed by atoms with E-state index in [4.69, 9.17) is 18.0 Å². The zero-order chi connectivity index (χ0) is 14.0. The minimum Gasteiger partial charge on any atom is -0.389 e. The zero-order valence-electron chi connectivity index (χ0n) is 9.94. The third-order valence-corrected chi connectivity index (χ3v) is 3.47. The lowest BCUT2D eigenvalue weighted by atomic mass is 10.2. The molecule has 98 valence electrons. The minimum atomic E-state index is -0.515. The molecule has 0 bridgehead atoms. The first-order chi connectivity index (χ1) is 8.97. The third kappa shape index (κ3) is 3.12. The van der Waals surface area contributed by atoms with Crippen LogP contribution in [0.15, 0.2) is 24.4 Å². The average Bonchev–Trinajstić information content (AvgIpc) is 2.78. The van der Waals surface area contributed by atoms with Crippen LogP contribution in [0.4, 0.5) is 10.1 Å². The topological polar surface area (TPSA) is 68.0 Å². The smallest absolute Gasteiger partial charge is 0.267 e. The van der Waals surface area contributed by atoms with Crippen molar-refractivity contribution in [1.29, 1.82) is 0 Å². The van der Waals surface area contributed by atoms with Crippen LogP contribution in [-0.4, -0.2) is 15.9 Å². The molecule has 1 heterocycles. The SMILES string of the molecule is Cc1ncc(C(=O)Nc2ccc(F)c(C(N)=S)c2)s1. The summed E-state index contributed by atoms with van der Waals surface area (Å²) >= 11 is 6.02. The van der Waals surface area contributed by atoms with E-state index < -0.39 is 5.82 Å². The number of nitrogens with two attached hydrogens (primary N) is 1. The molecule has 0 saturated heterocycles. The zero-order valence-corrected chi connectivity index (χ0v) is 11.6. The molecule has 0 atom stereocenters. The second kappa shape index (κ2) is 5.41. The van der Waals surface area contributed by atoms with Gasteiger partial charge >= 0.3 is 0 Å². The molecule has 2 aromatic rings. The van der Waals surface area contributed by atoms with Crippen molar-refractivity contribution in [3.05, 3.63) is 45.7 Å². The normalized spacial score (nSPS) is 10.2. The summed E-state index contributed by atoms with van der Waals surface area (Å²) in [5.74, 6) is -0.815. The lowest BCUT2D eigenvalue weighted by Crippen LogP contribution is -2.14. The molecular formula is C12H10FN3OS2. The Morgan fingerprint density at radius 3 is 2.84 bits per heavy atom. The number of nitrogens with one attached hydrogen (secondary N) is 1. The summed E-state index contributed by atoms with van der Waals surface area (Å²) in [5.41, 5.74) is 5.94. The summed E-state index contributed by atoms with van der Waals surface area (Å²) in [6.07, 6.45) is 1.49. The Morgan fingerprint density at radius 1 is 1.53 bits per heavy atom. The van der Waals surface area contributed by atoms with Gasteiger partial charge in [-0.15, -0.1) is 11.3 Å². The lowest BCUT2D eigenvalue weighted by Gasteiger charge is -2.06. The molecule has 3 N–H and O–H groups in total. The molecular weight excluding hydrogens is 285 g/mol. The number of hydrogen-bond acceptors (Lipinski definition) is 4. The van der Waals surface area contributed by atoms with Gasteiger partial charge in [0.1, 0.15) is 15.7 Å². The van der Waals surface area contributed by atoms with E-state index >= 15 is 0 Å². The number of thiazole rings is 1. The number of amides is 1. The van der Waals surface area contributed by atoms with Crippen molar-refractivity contribution >= 4 is 40.1 Å². The van der Waals surface area contributed by atoms with Crippen LogP contribution in [-0.2, 0) is 0 Å². The second-order valence-corrected chi connectivity index (χ2v) is 5.43. The van der Waals surface area contributed by atoms with E-state index in [-0.39, 0.29) is 16.5 Å². The predicted octanol–water partition coefficient (Wildman–Crippen LogP) is 2.48. The molecule has 1 aromatic heterocycles. The highest BCUT2D eigenvalue weighted by Crippen LogP contribution is 2.17. The van der Waals surface area contributed by atoms with E-state index in [1.54, 1.807) is 0 Å². The van der Waals surface area contributed by atoms with Crippen molar-refractivity contribution in [3.63, 3.8) is 0 Å². The van der Waals surface area contributed by atoms with E-state index in [1.165, 1.54) is 35.7 Å². The fourth-order valence-corrected chi connectivity index (χ4v) is 2.28. The summed E-state index contributed by atoms with van der Waals surface area (Å²) in [5, 5.41) is 3.44. The Labute approximate surface area is 118 Å². The number of benzene rings is 1. The number of anilines is 1. The first-order valence-corrected chi connectivity index (χ1v) is 6.53. The van der Waals surface area contributed by atoms with Gasteiger partial charge in [-0.25, -0.2) is 9.37 Å². The maximum Gasteiger partial charge on any atom is 0.267 e. The van der Waals surface area contributed by atoms with Crippen molar-refractivity contribution in [1.82, 2.24) is 4.98 Å². The highest BCUT2D eigenvalue weighted by molar-refractivity contribution is 7.80. The molecule has 0 aliphatic carbocycles. The largest absolute Gasteiger partial charge is 0.389 e. The van der Waals surface area contributed by atoms with Gasteiger partial charge in [-0.2, -0.15) is 0 Å². The molecule has 4 nitrogen and oxygen atoms in total.